The van der Waals surface area contributed by atoms with Gasteiger partial charge in [0.2, 0.25) is 0 Å². The topological polar surface area (TPSA) is 123 Å². The van der Waals surface area contributed by atoms with Gasteiger partial charge in [-0.15, -0.1) is 0 Å². The van der Waals surface area contributed by atoms with Crippen molar-refractivity contribution in [2.75, 3.05) is 44.9 Å². The lowest BCUT2D eigenvalue weighted by atomic mass is 10.1. The number of benzene rings is 1. The molecule has 0 aliphatic carbocycles. The monoisotopic (exact) mass is 544 g/mol. The molecule has 1 atom stereocenters. The van der Waals surface area contributed by atoms with Crippen LogP contribution in [0, 0.1) is 5.82 Å². The number of hydrogen-bond donors (Lipinski definition) is 2. The van der Waals surface area contributed by atoms with Crippen molar-refractivity contribution in [3.63, 3.8) is 0 Å². The maximum absolute atomic E-state index is 14.3. The Morgan fingerprint density at radius 1 is 1.20 bits per heavy atom. The van der Waals surface area contributed by atoms with Crippen LogP contribution in [-0.2, 0) is 16.0 Å². The highest BCUT2D eigenvalue weighted by Gasteiger charge is 2.20. The van der Waals surface area contributed by atoms with Crippen LogP contribution in [0.1, 0.15) is 22.8 Å². The third kappa shape index (κ3) is 5.10. The summed E-state index contributed by atoms with van der Waals surface area (Å²) in [6.45, 7) is 5.62. The zero-order valence-corrected chi connectivity index (χ0v) is 22.2. The maximum Gasteiger partial charge on any atom is 0.255 e. The Labute approximate surface area is 229 Å². The van der Waals surface area contributed by atoms with Crippen molar-refractivity contribution >= 4 is 33.8 Å². The molecular weight excluding hydrogens is 515 g/mol. The minimum atomic E-state index is -0.364. The molecule has 5 heterocycles. The van der Waals surface area contributed by atoms with E-state index < -0.39 is 0 Å². The van der Waals surface area contributed by atoms with Crippen molar-refractivity contribution in [1.82, 2.24) is 35.0 Å². The molecule has 1 aliphatic rings. The summed E-state index contributed by atoms with van der Waals surface area (Å²) >= 11 is 0. The molecule has 4 aromatic heterocycles. The minimum Gasteiger partial charge on any atom is -0.383 e. The van der Waals surface area contributed by atoms with E-state index in [1.165, 1.54) is 12.1 Å². The quantitative estimate of drug-likeness (QED) is 0.306. The van der Waals surface area contributed by atoms with Crippen molar-refractivity contribution in [1.29, 1.82) is 0 Å². The van der Waals surface area contributed by atoms with E-state index in [9.17, 15) is 9.18 Å². The van der Waals surface area contributed by atoms with Crippen LogP contribution in [0.4, 0.5) is 10.2 Å². The molecule has 11 nitrogen and oxygen atoms in total. The number of pyridine rings is 1. The number of ether oxygens (including phenoxy) is 2. The number of anilines is 1. The fourth-order valence-electron chi connectivity index (χ4n) is 4.89. The van der Waals surface area contributed by atoms with Gasteiger partial charge in [0.25, 0.3) is 5.91 Å². The number of amides is 1. The highest BCUT2D eigenvalue weighted by molar-refractivity contribution is 6.05. The zero-order valence-electron chi connectivity index (χ0n) is 22.2. The summed E-state index contributed by atoms with van der Waals surface area (Å²) in [5, 5.41) is 8.44. The summed E-state index contributed by atoms with van der Waals surface area (Å²) in [5.41, 5.74) is 3.84. The van der Waals surface area contributed by atoms with Crippen LogP contribution >= 0.6 is 0 Å². The molecule has 1 aliphatic heterocycles. The van der Waals surface area contributed by atoms with Crippen LogP contribution < -0.4 is 10.2 Å². The number of nitrogens with one attached hydrogen (secondary N) is 2. The average molecular weight is 545 g/mol. The number of fused-ring (bicyclic) bond motifs is 2. The van der Waals surface area contributed by atoms with Crippen molar-refractivity contribution in [2.24, 2.45) is 0 Å². The molecule has 1 saturated heterocycles. The fraction of sp³-hybridized carbons (Fsp3) is 0.321. The standard InChI is InChI=1S/C28H29FN8O3/c1-17(16-39-2)33-28(38)21-13-31-27-26(21)34-22(14-32-27)25-20-5-4-19(29)11-23(20)37(35-25)15-18-3-6-24(30-12-18)36-7-9-40-10-8-36/h3-6,11-14,17H,7-10,15-16H2,1-2H3,(H,31,32)(H,33,38)/t17-/m0/s1. The third-order valence-electron chi connectivity index (χ3n) is 6.85. The van der Waals surface area contributed by atoms with Gasteiger partial charge >= 0.3 is 0 Å². The number of carbonyl (C=O) groups is 1. The molecule has 0 spiro atoms. The molecule has 2 N–H and O–H groups in total. The third-order valence-corrected chi connectivity index (χ3v) is 6.85. The van der Waals surface area contributed by atoms with Gasteiger partial charge in [-0.05, 0) is 36.8 Å². The van der Waals surface area contributed by atoms with Crippen LogP contribution in [0.25, 0.3) is 33.5 Å². The number of aromatic nitrogens is 6. The van der Waals surface area contributed by atoms with Gasteiger partial charge in [0.15, 0.2) is 5.65 Å². The van der Waals surface area contributed by atoms with E-state index >= 15 is 0 Å². The second-order valence-electron chi connectivity index (χ2n) is 9.78. The van der Waals surface area contributed by atoms with Gasteiger partial charge in [-0.1, -0.05) is 6.07 Å². The van der Waals surface area contributed by atoms with Crippen LogP contribution in [0.3, 0.4) is 0 Å². The first-order valence-electron chi connectivity index (χ1n) is 13.1. The van der Waals surface area contributed by atoms with E-state index in [2.05, 4.69) is 25.2 Å². The molecule has 0 unspecified atom stereocenters. The lowest BCUT2D eigenvalue weighted by Crippen LogP contribution is -2.36. The predicted molar refractivity (Wildman–Crippen MR) is 148 cm³/mol. The summed E-state index contributed by atoms with van der Waals surface area (Å²) in [6, 6.07) is 8.36. The molecule has 0 bridgehead atoms. The Kier molecular flexibility index (Phi) is 7.10. The predicted octanol–water partition coefficient (Wildman–Crippen LogP) is 3.16. The number of halogens is 1. The number of H-pyrrole nitrogens is 1. The van der Waals surface area contributed by atoms with Gasteiger partial charge in [0.05, 0.1) is 43.6 Å². The highest BCUT2D eigenvalue weighted by atomic mass is 19.1. The second kappa shape index (κ2) is 11.0. The summed E-state index contributed by atoms with van der Waals surface area (Å²) in [6.07, 6.45) is 5.00. The first-order valence-corrected chi connectivity index (χ1v) is 13.1. The van der Waals surface area contributed by atoms with Crippen molar-refractivity contribution in [3.05, 3.63) is 65.9 Å². The van der Waals surface area contributed by atoms with Crippen LogP contribution in [0.5, 0.6) is 0 Å². The minimum absolute atomic E-state index is 0.175. The lowest BCUT2D eigenvalue weighted by Gasteiger charge is -2.27. The van der Waals surface area contributed by atoms with Crippen molar-refractivity contribution in [2.45, 2.75) is 19.5 Å². The van der Waals surface area contributed by atoms with E-state index in [-0.39, 0.29) is 17.8 Å². The number of methoxy groups -OCH3 is 1. The van der Waals surface area contributed by atoms with Crippen LogP contribution in [0.15, 0.2) is 48.9 Å². The van der Waals surface area contributed by atoms with Gasteiger partial charge in [0, 0.05) is 44.0 Å². The normalized spacial score (nSPS) is 14.6. The number of rotatable bonds is 8. The summed E-state index contributed by atoms with van der Waals surface area (Å²) in [7, 11) is 1.58. The van der Waals surface area contributed by atoms with Gasteiger partial charge in [-0.3, -0.25) is 9.48 Å². The fourth-order valence-corrected chi connectivity index (χ4v) is 4.89. The number of aromatic amines is 1. The van der Waals surface area contributed by atoms with Gasteiger partial charge in [-0.2, -0.15) is 5.10 Å². The van der Waals surface area contributed by atoms with Gasteiger partial charge in [-0.25, -0.2) is 19.3 Å². The van der Waals surface area contributed by atoms with E-state index in [1.807, 2.05) is 25.3 Å². The SMILES string of the molecule is COC[C@H](C)NC(=O)c1c[nH]c2ncc(-c3nn(Cc4ccc(N5CCOCC5)nc4)c4cc(F)ccc34)nc12. The van der Waals surface area contributed by atoms with Gasteiger partial charge in [0.1, 0.15) is 28.5 Å². The Hall–Kier alpha value is -4.42. The molecule has 0 saturated carbocycles. The van der Waals surface area contributed by atoms with E-state index in [0.717, 1.165) is 29.9 Å². The first kappa shape index (κ1) is 25.8. The molecule has 12 heteroatoms. The maximum atomic E-state index is 14.3. The summed E-state index contributed by atoms with van der Waals surface area (Å²) < 4.78 is 26.6. The van der Waals surface area contributed by atoms with Gasteiger partial charge < -0.3 is 24.7 Å². The van der Waals surface area contributed by atoms with Crippen LogP contribution in [0.2, 0.25) is 0 Å². The number of morpholine rings is 1. The largest absolute Gasteiger partial charge is 0.383 e. The Morgan fingerprint density at radius 3 is 2.83 bits per heavy atom. The number of hydrogen-bond acceptors (Lipinski definition) is 8. The summed E-state index contributed by atoms with van der Waals surface area (Å²) in [5.74, 6) is 0.251. The Bertz CT molecular complexity index is 1660. The molecule has 1 amide bonds. The highest BCUT2D eigenvalue weighted by Crippen LogP contribution is 2.29. The molecule has 1 aromatic carbocycles. The number of nitrogens with zero attached hydrogens (tertiary/aromatic N) is 6. The molecule has 206 valence electrons. The van der Waals surface area contributed by atoms with Crippen molar-refractivity contribution < 1.29 is 18.7 Å². The first-order chi connectivity index (χ1) is 19.5. The van der Waals surface area contributed by atoms with Crippen molar-refractivity contribution in [3.8, 4) is 11.4 Å². The second-order valence-corrected chi connectivity index (χ2v) is 9.78. The van der Waals surface area contributed by atoms with E-state index in [0.29, 0.717) is 60.0 Å². The molecular formula is C28H29FN8O3. The molecule has 6 rings (SSSR count). The molecule has 40 heavy (non-hydrogen) atoms. The molecule has 5 aromatic rings. The zero-order chi connectivity index (χ0) is 27.6. The summed E-state index contributed by atoms with van der Waals surface area (Å²) in [4.78, 5) is 32.0. The van der Waals surface area contributed by atoms with E-state index in [1.54, 1.807) is 30.3 Å². The number of carbonyl (C=O) groups excluding carboxylic acids is 1. The van der Waals surface area contributed by atoms with E-state index in [4.69, 9.17) is 19.6 Å². The Morgan fingerprint density at radius 2 is 2.05 bits per heavy atom. The molecule has 0 radical (unpaired) electrons. The van der Waals surface area contributed by atoms with Crippen LogP contribution in [-0.4, -0.2) is 81.7 Å². The lowest BCUT2D eigenvalue weighted by molar-refractivity contribution is 0.0907. The average Bonchev–Trinajstić information content (AvgIpc) is 3.55. The smallest absolute Gasteiger partial charge is 0.255 e. The molecule has 1 fully saturated rings. The Balaban J connectivity index is 1.33.